The highest BCUT2D eigenvalue weighted by atomic mass is 16.5. The predicted octanol–water partition coefficient (Wildman–Crippen LogP) is 2.18. The van der Waals surface area contributed by atoms with Crippen molar-refractivity contribution in [2.75, 3.05) is 32.2 Å². The molecule has 1 amide bonds. The monoisotopic (exact) mass is 310 g/mol. The molecule has 0 aliphatic carbocycles. The average Bonchev–Trinajstić information content (AvgIpc) is 2.52. The Kier molecular flexibility index (Phi) is 8.32. The molecule has 3 N–H and O–H groups in total. The van der Waals surface area contributed by atoms with Gasteiger partial charge in [-0.25, -0.2) is 0 Å². The van der Waals surface area contributed by atoms with E-state index < -0.39 is 6.04 Å². The van der Waals surface area contributed by atoms with Crippen molar-refractivity contribution in [3.63, 3.8) is 0 Å². The number of nitrogens with one attached hydrogen (secondary N) is 1. The fourth-order valence-electron chi connectivity index (χ4n) is 1.73. The minimum absolute atomic E-state index is 0.169. The van der Waals surface area contributed by atoms with Gasteiger partial charge in [0.05, 0.1) is 19.8 Å². The third-order valence-electron chi connectivity index (χ3n) is 2.82. The first kappa shape index (κ1) is 18.3. The Morgan fingerprint density at radius 3 is 2.41 bits per heavy atom. The summed E-state index contributed by atoms with van der Waals surface area (Å²) in [7, 11) is 1.50. The Morgan fingerprint density at radius 1 is 1.18 bits per heavy atom. The molecule has 0 bridgehead atoms. The van der Waals surface area contributed by atoms with Crippen molar-refractivity contribution in [2.24, 2.45) is 5.73 Å². The van der Waals surface area contributed by atoms with E-state index in [2.05, 4.69) is 5.32 Å². The summed E-state index contributed by atoms with van der Waals surface area (Å²) >= 11 is 0. The molecule has 6 heteroatoms. The van der Waals surface area contributed by atoms with Crippen LogP contribution in [-0.4, -0.2) is 38.9 Å². The lowest BCUT2D eigenvalue weighted by Gasteiger charge is -2.15. The van der Waals surface area contributed by atoms with Crippen molar-refractivity contribution < 1.29 is 19.0 Å². The third-order valence-corrected chi connectivity index (χ3v) is 2.82. The van der Waals surface area contributed by atoms with Crippen molar-refractivity contribution in [3.8, 4) is 11.5 Å². The number of anilines is 1. The van der Waals surface area contributed by atoms with Crippen molar-refractivity contribution in [1.82, 2.24) is 0 Å². The molecule has 1 unspecified atom stereocenters. The molecule has 1 rings (SSSR count). The van der Waals surface area contributed by atoms with Gasteiger partial charge in [0, 0.05) is 18.9 Å². The highest BCUT2D eigenvalue weighted by Gasteiger charge is 2.14. The molecular weight excluding hydrogens is 284 g/mol. The smallest absolute Gasteiger partial charge is 0.243 e. The first-order chi connectivity index (χ1) is 10.6. The Hall–Kier alpha value is -1.79. The van der Waals surface area contributed by atoms with Gasteiger partial charge in [-0.05, 0) is 25.0 Å². The van der Waals surface area contributed by atoms with Gasteiger partial charge in [-0.3, -0.25) is 4.79 Å². The van der Waals surface area contributed by atoms with Gasteiger partial charge in [-0.2, -0.15) is 0 Å². The molecule has 1 aromatic rings. The summed E-state index contributed by atoms with van der Waals surface area (Å²) in [4.78, 5) is 11.9. The number of nitrogens with two attached hydrogens (primary N) is 1. The van der Waals surface area contributed by atoms with Crippen LogP contribution in [0, 0.1) is 0 Å². The van der Waals surface area contributed by atoms with Crippen LogP contribution in [0.3, 0.4) is 0 Å². The lowest BCUT2D eigenvalue weighted by atomic mass is 10.2. The molecule has 0 heterocycles. The quantitative estimate of drug-likeness (QED) is 0.692. The molecule has 1 atom stereocenters. The molecule has 0 fully saturated rings. The first-order valence-electron chi connectivity index (χ1n) is 7.57. The fraction of sp³-hybridized carbons (Fsp3) is 0.562. The largest absolute Gasteiger partial charge is 0.490 e. The van der Waals surface area contributed by atoms with Gasteiger partial charge in [-0.1, -0.05) is 13.8 Å². The van der Waals surface area contributed by atoms with Gasteiger partial charge in [0.2, 0.25) is 5.91 Å². The van der Waals surface area contributed by atoms with E-state index >= 15 is 0 Å². The standard InChI is InChI=1S/C16H26N2O4/c1-4-8-21-14-7-6-12(10-15(14)22-9-5-2)18-16(19)13(17)11-20-3/h6-7,10,13H,4-5,8-9,11,17H2,1-3H3,(H,18,19). The van der Waals surface area contributed by atoms with E-state index in [0.717, 1.165) is 12.8 Å². The molecule has 0 aliphatic rings. The number of benzene rings is 1. The highest BCUT2D eigenvalue weighted by molar-refractivity contribution is 5.95. The van der Waals surface area contributed by atoms with Crippen LogP contribution in [0.4, 0.5) is 5.69 Å². The minimum Gasteiger partial charge on any atom is -0.490 e. The van der Waals surface area contributed by atoms with Crippen LogP contribution in [0.15, 0.2) is 18.2 Å². The van der Waals surface area contributed by atoms with Crippen LogP contribution in [0.5, 0.6) is 11.5 Å². The molecule has 124 valence electrons. The SMILES string of the molecule is CCCOc1ccc(NC(=O)C(N)COC)cc1OCCC. The number of hydrogen-bond donors (Lipinski definition) is 2. The summed E-state index contributed by atoms with van der Waals surface area (Å²) in [5.41, 5.74) is 6.31. The Morgan fingerprint density at radius 2 is 1.82 bits per heavy atom. The summed E-state index contributed by atoms with van der Waals surface area (Å²) in [6.07, 6.45) is 1.81. The minimum atomic E-state index is -0.707. The van der Waals surface area contributed by atoms with E-state index in [-0.39, 0.29) is 12.5 Å². The zero-order valence-corrected chi connectivity index (χ0v) is 13.6. The maximum atomic E-state index is 11.9. The van der Waals surface area contributed by atoms with Crippen LogP contribution in [-0.2, 0) is 9.53 Å². The lowest BCUT2D eigenvalue weighted by Crippen LogP contribution is -2.39. The summed E-state index contributed by atoms with van der Waals surface area (Å²) in [5.74, 6) is 0.994. The number of methoxy groups -OCH3 is 1. The van der Waals surface area contributed by atoms with Crippen LogP contribution in [0.25, 0.3) is 0 Å². The van der Waals surface area contributed by atoms with Crippen LogP contribution >= 0.6 is 0 Å². The fourth-order valence-corrected chi connectivity index (χ4v) is 1.73. The molecule has 6 nitrogen and oxygen atoms in total. The van der Waals surface area contributed by atoms with Crippen molar-refractivity contribution >= 4 is 11.6 Å². The first-order valence-corrected chi connectivity index (χ1v) is 7.57. The van der Waals surface area contributed by atoms with E-state index in [9.17, 15) is 4.79 Å². The second-order valence-electron chi connectivity index (χ2n) is 4.91. The van der Waals surface area contributed by atoms with Gasteiger partial charge in [-0.15, -0.1) is 0 Å². The zero-order chi connectivity index (χ0) is 16.4. The zero-order valence-electron chi connectivity index (χ0n) is 13.6. The van der Waals surface area contributed by atoms with Crippen LogP contribution < -0.4 is 20.5 Å². The normalized spacial score (nSPS) is 11.8. The number of ether oxygens (including phenoxy) is 3. The van der Waals surface area contributed by atoms with Crippen molar-refractivity contribution in [2.45, 2.75) is 32.7 Å². The molecular formula is C16H26N2O4. The van der Waals surface area contributed by atoms with Gasteiger partial charge in [0.1, 0.15) is 6.04 Å². The summed E-state index contributed by atoms with van der Waals surface area (Å²) in [6.45, 7) is 5.44. The Labute approximate surface area is 131 Å². The number of carbonyl (C=O) groups is 1. The molecule has 0 saturated carbocycles. The van der Waals surface area contributed by atoms with Gasteiger partial charge < -0.3 is 25.3 Å². The van der Waals surface area contributed by atoms with Gasteiger partial charge >= 0.3 is 0 Å². The molecule has 0 spiro atoms. The lowest BCUT2D eigenvalue weighted by molar-refractivity contribution is -0.118. The van der Waals surface area contributed by atoms with Crippen LogP contribution in [0.1, 0.15) is 26.7 Å². The van der Waals surface area contributed by atoms with Gasteiger partial charge in [0.25, 0.3) is 0 Å². The van der Waals surface area contributed by atoms with E-state index in [1.54, 1.807) is 18.2 Å². The Bertz CT molecular complexity index is 465. The van der Waals surface area contributed by atoms with E-state index in [4.69, 9.17) is 19.9 Å². The predicted molar refractivity (Wildman–Crippen MR) is 86.5 cm³/mol. The average molecular weight is 310 g/mol. The Balaban J connectivity index is 2.81. The van der Waals surface area contributed by atoms with Crippen molar-refractivity contribution in [1.29, 1.82) is 0 Å². The molecule has 1 aromatic carbocycles. The molecule has 0 aromatic heterocycles. The van der Waals surface area contributed by atoms with Gasteiger partial charge in [0.15, 0.2) is 11.5 Å². The summed E-state index contributed by atoms with van der Waals surface area (Å²) in [6, 6.07) is 4.60. The van der Waals surface area contributed by atoms with E-state index in [0.29, 0.717) is 30.4 Å². The third kappa shape index (κ3) is 5.91. The second-order valence-corrected chi connectivity index (χ2v) is 4.91. The number of amides is 1. The number of rotatable bonds is 10. The molecule has 0 saturated heterocycles. The maximum absolute atomic E-state index is 11.9. The maximum Gasteiger partial charge on any atom is 0.243 e. The molecule has 0 aliphatic heterocycles. The van der Waals surface area contributed by atoms with E-state index in [1.165, 1.54) is 7.11 Å². The summed E-state index contributed by atoms with van der Waals surface area (Å²) in [5, 5.41) is 2.75. The van der Waals surface area contributed by atoms with Crippen molar-refractivity contribution in [3.05, 3.63) is 18.2 Å². The number of hydrogen-bond acceptors (Lipinski definition) is 5. The molecule has 0 radical (unpaired) electrons. The van der Waals surface area contributed by atoms with Crippen LogP contribution in [0.2, 0.25) is 0 Å². The molecule has 22 heavy (non-hydrogen) atoms. The topological polar surface area (TPSA) is 82.8 Å². The highest BCUT2D eigenvalue weighted by Crippen LogP contribution is 2.31. The number of carbonyl (C=O) groups excluding carboxylic acids is 1. The second kappa shape index (κ2) is 10.0. The van der Waals surface area contributed by atoms with E-state index in [1.807, 2.05) is 13.8 Å². The summed E-state index contributed by atoms with van der Waals surface area (Å²) < 4.78 is 16.2.